The SMILES string of the molecule is CC(C)(C)c1ccc(O)c(NC(=O)c2cnccn2)c1. The highest BCUT2D eigenvalue weighted by Gasteiger charge is 2.17. The van der Waals surface area contributed by atoms with E-state index < -0.39 is 5.91 Å². The first kappa shape index (κ1) is 14.0. The van der Waals surface area contributed by atoms with Crippen molar-refractivity contribution in [3.8, 4) is 5.75 Å². The van der Waals surface area contributed by atoms with E-state index in [4.69, 9.17) is 0 Å². The molecule has 0 radical (unpaired) electrons. The summed E-state index contributed by atoms with van der Waals surface area (Å²) in [5, 5.41) is 12.5. The second-order valence-electron chi connectivity index (χ2n) is 5.53. The molecule has 1 aromatic heterocycles. The van der Waals surface area contributed by atoms with Crippen LogP contribution in [0.25, 0.3) is 0 Å². The summed E-state index contributed by atoms with van der Waals surface area (Å²) in [5.74, 6) is -0.380. The highest BCUT2D eigenvalue weighted by atomic mass is 16.3. The van der Waals surface area contributed by atoms with Crippen molar-refractivity contribution in [3.63, 3.8) is 0 Å². The number of hydrogen-bond acceptors (Lipinski definition) is 4. The molecule has 0 aliphatic carbocycles. The number of carbonyl (C=O) groups is 1. The zero-order chi connectivity index (χ0) is 14.8. The van der Waals surface area contributed by atoms with E-state index in [-0.39, 0.29) is 16.9 Å². The van der Waals surface area contributed by atoms with Crippen LogP contribution in [0.15, 0.2) is 36.8 Å². The highest BCUT2D eigenvalue weighted by Crippen LogP contribution is 2.30. The van der Waals surface area contributed by atoms with Crippen molar-refractivity contribution in [2.75, 3.05) is 5.32 Å². The van der Waals surface area contributed by atoms with Gasteiger partial charge in [0, 0.05) is 12.4 Å². The first-order valence-corrected chi connectivity index (χ1v) is 6.29. The van der Waals surface area contributed by atoms with Crippen molar-refractivity contribution in [2.24, 2.45) is 0 Å². The number of nitrogens with zero attached hydrogens (tertiary/aromatic N) is 2. The molecule has 20 heavy (non-hydrogen) atoms. The predicted octanol–water partition coefficient (Wildman–Crippen LogP) is 2.73. The van der Waals surface area contributed by atoms with Crippen LogP contribution in [-0.2, 0) is 5.41 Å². The molecule has 104 valence electrons. The zero-order valence-corrected chi connectivity index (χ0v) is 11.7. The number of benzene rings is 1. The van der Waals surface area contributed by atoms with Crippen LogP contribution >= 0.6 is 0 Å². The van der Waals surface area contributed by atoms with Crippen LogP contribution in [0.2, 0.25) is 0 Å². The van der Waals surface area contributed by atoms with Crippen LogP contribution < -0.4 is 5.32 Å². The molecular formula is C15H17N3O2. The minimum atomic E-state index is -0.403. The Kier molecular flexibility index (Phi) is 3.70. The smallest absolute Gasteiger partial charge is 0.275 e. The number of aromatic nitrogens is 2. The lowest BCUT2D eigenvalue weighted by molar-refractivity contribution is 0.102. The second kappa shape index (κ2) is 5.28. The van der Waals surface area contributed by atoms with Gasteiger partial charge in [0.25, 0.3) is 5.91 Å². The molecule has 0 aliphatic rings. The van der Waals surface area contributed by atoms with Gasteiger partial charge < -0.3 is 10.4 Å². The van der Waals surface area contributed by atoms with Crippen LogP contribution in [0.5, 0.6) is 5.75 Å². The molecular weight excluding hydrogens is 254 g/mol. The molecule has 0 saturated heterocycles. The molecule has 0 atom stereocenters. The number of carbonyl (C=O) groups excluding carboxylic acids is 1. The molecule has 1 heterocycles. The lowest BCUT2D eigenvalue weighted by atomic mass is 9.87. The van der Waals surface area contributed by atoms with Crippen LogP contribution in [-0.4, -0.2) is 21.0 Å². The van der Waals surface area contributed by atoms with E-state index in [1.807, 2.05) is 6.07 Å². The van der Waals surface area contributed by atoms with Crippen molar-refractivity contribution in [1.29, 1.82) is 0 Å². The van der Waals surface area contributed by atoms with Crippen LogP contribution in [0.3, 0.4) is 0 Å². The number of hydrogen-bond donors (Lipinski definition) is 2. The van der Waals surface area contributed by atoms with E-state index in [9.17, 15) is 9.90 Å². The number of phenolic OH excluding ortho intramolecular Hbond substituents is 1. The topological polar surface area (TPSA) is 75.1 Å². The van der Waals surface area contributed by atoms with Gasteiger partial charge in [-0.05, 0) is 23.1 Å². The summed E-state index contributed by atoms with van der Waals surface area (Å²) < 4.78 is 0. The largest absolute Gasteiger partial charge is 0.506 e. The lowest BCUT2D eigenvalue weighted by Gasteiger charge is -2.20. The summed E-state index contributed by atoms with van der Waals surface area (Å²) in [4.78, 5) is 19.8. The standard InChI is InChI=1S/C15H17N3O2/c1-15(2,3)10-4-5-13(19)11(8-10)18-14(20)12-9-16-6-7-17-12/h4-9,19H,1-3H3,(H,18,20). The quantitative estimate of drug-likeness (QED) is 0.823. The Morgan fingerprint density at radius 3 is 2.60 bits per heavy atom. The first-order chi connectivity index (χ1) is 9.38. The van der Waals surface area contributed by atoms with E-state index in [2.05, 4.69) is 36.1 Å². The summed E-state index contributed by atoms with van der Waals surface area (Å²) >= 11 is 0. The van der Waals surface area contributed by atoms with E-state index in [1.54, 1.807) is 12.1 Å². The minimum Gasteiger partial charge on any atom is -0.506 e. The Balaban J connectivity index is 2.27. The fourth-order valence-corrected chi connectivity index (χ4v) is 1.71. The molecule has 5 heteroatoms. The molecule has 1 amide bonds. The summed E-state index contributed by atoms with van der Waals surface area (Å²) in [5.41, 5.74) is 1.52. The third kappa shape index (κ3) is 3.12. The number of anilines is 1. The summed E-state index contributed by atoms with van der Waals surface area (Å²) in [6.45, 7) is 6.19. The predicted molar refractivity (Wildman–Crippen MR) is 76.8 cm³/mol. The Bertz CT molecular complexity index is 619. The maximum absolute atomic E-state index is 12.0. The molecule has 0 saturated carbocycles. The van der Waals surface area contributed by atoms with Gasteiger partial charge in [0.2, 0.25) is 0 Å². The van der Waals surface area contributed by atoms with Gasteiger partial charge in [-0.3, -0.25) is 9.78 Å². The molecule has 1 aromatic carbocycles. The van der Waals surface area contributed by atoms with Gasteiger partial charge in [0.15, 0.2) is 0 Å². The Morgan fingerprint density at radius 1 is 1.25 bits per heavy atom. The van der Waals surface area contributed by atoms with Crippen molar-refractivity contribution >= 4 is 11.6 Å². The molecule has 2 aromatic rings. The van der Waals surface area contributed by atoms with Gasteiger partial charge in [0.1, 0.15) is 11.4 Å². The third-order valence-electron chi connectivity index (χ3n) is 2.91. The maximum atomic E-state index is 12.0. The number of phenols is 1. The molecule has 0 aliphatic heterocycles. The summed E-state index contributed by atoms with van der Waals surface area (Å²) in [6, 6.07) is 5.18. The van der Waals surface area contributed by atoms with Gasteiger partial charge in [-0.25, -0.2) is 4.98 Å². The Labute approximate surface area is 117 Å². The fourth-order valence-electron chi connectivity index (χ4n) is 1.71. The number of aromatic hydroxyl groups is 1. The average molecular weight is 271 g/mol. The molecule has 2 N–H and O–H groups in total. The molecule has 0 unspecified atom stereocenters. The van der Waals surface area contributed by atoms with Crippen LogP contribution in [0, 0.1) is 0 Å². The molecule has 0 bridgehead atoms. The van der Waals surface area contributed by atoms with Crippen LogP contribution in [0.1, 0.15) is 36.8 Å². The summed E-state index contributed by atoms with van der Waals surface area (Å²) in [7, 11) is 0. The van der Waals surface area contributed by atoms with Crippen molar-refractivity contribution < 1.29 is 9.90 Å². The van der Waals surface area contributed by atoms with E-state index in [0.29, 0.717) is 5.69 Å². The average Bonchev–Trinajstić information content (AvgIpc) is 2.41. The van der Waals surface area contributed by atoms with E-state index in [0.717, 1.165) is 5.56 Å². The maximum Gasteiger partial charge on any atom is 0.275 e. The molecule has 0 spiro atoms. The second-order valence-corrected chi connectivity index (χ2v) is 5.53. The molecule has 5 nitrogen and oxygen atoms in total. The Hall–Kier alpha value is -2.43. The monoisotopic (exact) mass is 271 g/mol. The third-order valence-corrected chi connectivity index (χ3v) is 2.91. The molecule has 0 fully saturated rings. The highest BCUT2D eigenvalue weighted by molar-refractivity contribution is 6.03. The number of amides is 1. The normalized spacial score (nSPS) is 11.2. The number of rotatable bonds is 2. The van der Waals surface area contributed by atoms with Crippen molar-refractivity contribution in [3.05, 3.63) is 48.0 Å². The van der Waals surface area contributed by atoms with Gasteiger partial charge in [-0.1, -0.05) is 26.8 Å². The van der Waals surface area contributed by atoms with E-state index in [1.165, 1.54) is 18.6 Å². The minimum absolute atomic E-state index is 0.0234. The van der Waals surface area contributed by atoms with Crippen molar-refractivity contribution in [2.45, 2.75) is 26.2 Å². The molecule has 2 rings (SSSR count). The van der Waals surface area contributed by atoms with Gasteiger partial charge in [-0.15, -0.1) is 0 Å². The fraction of sp³-hybridized carbons (Fsp3) is 0.267. The summed E-state index contributed by atoms with van der Waals surface area (Å²) in [6.07, 6.45) is 4.31. The first-order valence-electron chi connectivity index (χ1n) is 6.29. The van der Waals surface area contributed by atoms with Crippen LogP contribution in [0.4, 0.5) is 5.69 Å². The van der Waals surface area contributed by atoms with Gasteiger partial charge >= 0.3 is 0 Å². The number of nitrogens with one attached hydrogen (secondary N) is 1. The van der Waals surface area contributed by atoms with Gasteiger partial charge in [0.05, 0.1) is 11.9 Å². The van der Waals surface area contributed by atoms with E-state index >= 15 is 0 Å². The Morgan fingerprint density at radius 2 is 2.00 bits per heavy atom. The van der Waals surface area contributed by atoms with Gasteiger partial charge in [-0.2, -0.15) is 0 Å². The lowest BCUT2D eigenvalue weighted by Crippen LogP contribution is -2.16. The van der Waals surface area contributed by atoms with Crippen molar-refractivity contribution in [1.82, 2.24) is 9.97 Å². The zero-order valence-electron chi connectivity index (χ0n) is 11.7.